The molecule has 2 heterocycles. The number of benzene rings is 2. The van der Waals surface area contributed by atoms with Crippen molar-refractivity contribution in [3.05, 3.63) is 82.3 Å². The van der Waals surface area contributed by atoms with E-state index in [1.54, 1.807) is 18.2 Å². The van der Waals surface area contributed by atoms with Crippen LogP contribution in [0.15, 0.2) is 54.7 Å². The van der Waals surface area contributed by atoms with Crippen LogP contribution in [0.1, 0.15) is 46.1 Å². The first-order chi connectivity index (χ1) is 14.5. The van der Waals surface area contributed by atoms with Crippen LogP contribution in [0.25, 0.3) is 22.3 Å². The Balaban J connectivity index is 1.51. The normalized spacial score (nSPS) is 13.7. The number of aromatic carboxylic acids is 1. The van der Waals surface area contributed by atoms with Gasteiger partial charge in [0.2, 0.25) is 0 Å². The topological polar surface area (TPSA) is 68.0 Å². The van der Waals surface area contributed by atoms with Crippen molar-refractivity contribution in [2.24, 2.45) is 0 Å². The number of aryl methyl sites for hydroxylation is 1. The predicted octanol–water partition coefficient (Wildman–Crippen LogP) is 5.68. The van der Waals surface area contributed by atoms with Gasteiger partial charge in [-0.3, -0.25) is 0 Å². The van der Waals surface area contributed by atoms with E-state index in [0.717, 1.165) is 33.7 Å². The van der Waals surface area contributed by atoms with Gasteiger partial charge in [-0.25, -0.2) is 14.8 Å². The van der Waals surface area contributed by atoms with Gasteiger partial charge in [-0.1, -0.05) is 35.9 Å². The molecule has 1 aliphatic carbocycles. The molecular formula is C24H20ClN3O2. The van der Waals surface area contributed by atoms with Crippen LogP contribution < -0.4 is 0 Å². The summed E-state index contributed by atoms with van der Waals surface area (Å²) in [5.41, 5.74) is 5.82. The summed E-state index contributed by atoms with van der Waals surface area (Å²) in [5.74, 6) is 0.660. The molecule has 5 nitrogen and oxygen atoms in total. The minimum absolute atomic E-state index is 0.239. The van der Waals surface area contributed by atoms with Crippen molar-refractivity contribution < 1.29 is 9.90 Å². The fourth-order valence-corrected chi connectivity index (χ4v) is 4.05. The van der Waals surface area contributed by atoms with Gasteiger partial charge in [0.25, 0.3) is 0 Å². The molecule has 0 aliphatic heterocycles. The van der Waals surface area contributed by atoms with Gasteiger partial charge < -0.3 is 9.67 Å². The average molecular weight is 418 g/mol. The maximum Gasteiger partial charge on any atom is 0.336 e. The average Bonchev–Trinajstić information content (AvgIpc) is 3.51. The Kier molecular flexibility index (Phi) is 4.55. The number of carboxylic acid groups (broad SMARTS) is 1. The van der Waals surface area contributed by atoms with Crippen LogP contribution in [0.2, 0.25) is 5.02 Å². The third-order valence-corrected chi connectivity index (χ3v) is 5.86. The van der Waals surface area contributed by atoms with Crippen molar-refractivity contribution in [1.29, 1.82) is 0 Å². The van der Waals surface area contributed by atoms with Crippen molar-refractivity contribution in [3.8, 4) is 11.1 Å². The Morgan fingerprint density at radius 3 is 2.63 bits per heavy atom. The van der Waals surface area contributed by atoms with Crippen LogP contribution in [0.3, 0.4) is 0 Å². The van der Waals surface area contributed by atoms with E-state index >= 15 is 0 Å². The fraction of sp³-hybridized carbons (Fsp3) is 0.208. The lowest BCUT2D eigenvalue weighted by molar-refractivity contribution is 0.0697. The fourth-order valence-electron chi connectivity index (χ4n) is 3.88. The number of aromatic nitrogens is 3. The van der Waals surface area contributed by atoms with Gasteiger partial charge in [0.1, 0.15) is 11.3 Å². The minimum atomic E-state index is -0.967. The molecule has 0 amide bonds. The highest BCUT2D eigenvalue weighted by molar-refractivity contribution is 6.31. The zero-order valence-electron chi connectivity index (χ0n) is 16.5. The van der Waals surface area contributed by atoms with E-state index in [0.29, 0.717) is 23.0 Å². The molecule has 1 fully saturated rings. The number of rotatable bonds is 5. The highest BCUT2D eigenvalue weighted by Gasteiger charge is 2.30. The molecule has 0 saturated heterocycles. The van der Waals surface area contributed by atoms with Gasteiger partial charge >= 0.3 is 5.97 Å². The summed E-state index contributed by atoms with van der Waals surface area (Å²) in [4.78, 5) is 21.1. The third-order valence-electron chi connectivity index (χ3n) is 5.63. The van der Waals surface area contributed by atoms with Gasteiger partial charge in [-0.15, -0.1) is 0 Å². The van der Waals surface area contributed by atoms with Crippen molar-refractivity contribution in [3.63, 3.8) is 0 Å². The van der Waals surface area contributed by atoms with E-state index in [1.165, 1.54) is 12.8 Å². The number of hydrogen-bond donors (Lipinski definition) is 1. The number of imidazole rings is 1. The smallest absolute Gasteiger partial charge is 0.336 e. The molecule has 6 heteroatoms. The maximum atomic E-state index is 11.6. The van der Waals surface area contributed by atoms with E-state index < -0.39 is 5.97 Å². The Hall–Kier alpha value is -3.18. The highest BCUT2D eigenvalue weighted by Crippen LogP contribution is 2.41. The summed E-state index contributed by atoms with van der Waals surface area (Å²) >= 11 is 6.11. The van der Waals surface area contributed by atoms with Crippen LogP contribution in [-0.2, 0) is 6.54 Å². The van der Waals surface area contributed by atoms with Gasteiger partial charge in [-0.05, 0) is 66.3 Å². The van der Waals surface area contributed by atoms with Crippen LogP contribution in [0.5, 0.6) is 0 Å². The first kappa shape index (κ1) is 18.8. The quantitative estimate of drug-likeness (QED) is 0.453. The van der Waals surface area contributed by atoms with Gasteiger partial charge in [0, 0.05) is 17.1 Å². The number of halogens is 1. The van der Waals surface area contributed by atoms with Crippen LogP contribution in [-0.4, -0.2) is 25.6 Å². The summed E-state index contributed by atoms with van der Waals surface area (Å²) in [6, 6.07) is 14.8. The molecule has 0 radical (unpaired) electrons. The zero-order valence-corrected chi connectivity index (χ0v) is 17.2. The van der Waals surface area contributed by atoms with Gasteiger partial charge in [-0.2, -0.15) is 0 Å². The molecule has 2 aromatic heterocycles. The summed E-state index contributed by atoms with van der Waals surface area (Å²) in [6.07, 6.45) is 4.18. The standard InChI is InChI=1S/C24H20ClN3O2/c1-14-10-11-26-23-21(14)27-22(17-6-7-17)28(23)13-15-2-4-16(5-3-15)20-12-18(25)8-9-19(20)24(29)30/h2-5,8-12,17H,6-7,13H2,1H3,(H,29,30). The van der Waals surface area contributed by atoms with Crippen LogP contribution >= 0.6 is 11.6 Å². The van der Waals surface area contributed by atoms with Crippen molar-refractivity contribution in [1.82, 2.24) is 14.5 Å². The summed E-state index contributed by atoms with van der Waals surface area (Å²) in [5, 5.41) is 10.0. The number of pyridine rings is 1. The van der Waals surface area contributed by atoms with Crippen LogP contribution in [0.4, 0.5) is 0 Å². The second-order valence-electron chi connectivity index (χ2n) is 7.82. The largest absolute Gasteiger partial charge is 0.478 e. The Bertz CT molecular complexity index is 1270. The van der Waals surface area contributed by atoms with Gasteiger partial charge in [0.05, 0.1) is 12.1 Å². The molecule has 0 spiro atoms. The second-order valence-corrected chi connectivity index (χ2v) is 8.26. The number of fused-ring (bicyclic) bond motifs is 1. The molecular weight excluding hydrogens is 398 g/mol. The molecule has 0 atom stereocenters. The van der Waals surface area contributed by atoms with E-state index in [9.17, 15) is 9.90 Å². The zero-order chi connectivity index (χ0) is 20.8. The SMILES string of the molecule is Cc1ccnc2c1nc(C1CC1)n2Cc1ccc(-c2cc(Cl)ccc2C(=O)O)cc1. The molecule has 4 aromatic rings. The molecule has 150 valence electrons. The third kappa shape index (κ3) is 3.35. The van der Waals surface area contributed by atoms with Crippen molar-refractivity contribution in [2.45, 2.75) is 32.2 Å². The molecule has 0 bridgehead atoms. The monoisotopic (exact) mass is 417 g/mol. The highest BCUT2D eigenvalue weighted by atomic mass is 35.5. The predicted molar refractivity (Wildman–Crippen MR) is 117 cm³/mol. The second kappa shape index (κ2) is 7.26. The number of carboxylic acids is 1. The molecule has 30 heavy (non-hydrogen) atoms. The summed E-state index contributed by atoms with van der Waals surface area (Å²) in [7, 11) is 0. The van der Waals surface area contributed by atoms with Gasteiger partial charge in [0.15, 0.2) is 5.65 Å². The first-order valence-electron chi connectivity index (χ1n) is 9.95. The van der Waals surface area contributed by atoms with E-state index in [4.69, 9.17) is 16.6 Å². The molecule has 2 aromatic carbocycles. The lowest BCUT2D eigenvalue weighted by atomic mass is 9.98. The maximum absolute atomic E-state index is 11.6. The number of hydrogen-bond acceptors (Lipinski definition) is 3. The van der Waals surface area contributed by atoms with Crippen molar-refractivity contribution in [2.75, 3.05) is 0 Å². The number of nitrogens with zero attached hydrogens (tertiary/aromatic N) is 3. The van der Waals surface area contributed by atoms with E-state index in [-0.39, 0.29) is 5.56 Å². The molecule has 1 aliphatic rings. The lowest BCUT2D eigenvalue weighted by Crippen LogP contribution is -2.05. The van der Waals surface area contributed by atoms with Crippen LogP contribution in [0, 0.1) is 6.92 Å². The summed E-state index contributed by atoms with van der Waals surface area (Å²) < 4.78 is 2.22. The molecule has 5 rings (SSSR count). The Morgan fingerprint density at radius 2 is 1.93 bits per heavy atom. The van der Waals surface area contributed by atoms with Crippen molar-refractivity contribution >= 4 is 28.7 Å². The molecule has 0 unspecified atom stereocenters. The van der Waals surface area contributed by atoms with E-state index in [2.05, 4.69) is 16.5 Å². The minimum Gasteiger partial charge on any atom is -0.478 e. The Morgan fingerprint density at radius 1 is 1.17 bits per heavy atom. The van der Waals surface area contributed by atoms with E-state index in [1.807, 2.05) is 36.5 Å². The summed E-state index contributed by atoms with van der Waals surface area (Å²) in [6.45, 7) is 2.75. The lowest BCUT2D eigenvalue weighted by Gasteiger charge is -2.11. The Labute approximate surface area is 179 Å². The first-order valence-corrected chi connectivity index (χ1v) is 10.3. The molecule has 1 N–H and O–H groups in total. The number of carbonyl (C=O) groups is 1. The molecule has 1 saturated carbocycles.